The summed E-state index contributed by atoms with van der Waals surface area (Å²) >= 11 is 1.20. The van der Waals surface area contributed by atoms with E-state index in [2.05, 4.69) is 31.1 Å². The minimum absolute atomic E-state index is 0.00982. The Morgan fingerprint density at radius 1 is 1.41 bits per heavy atom. The smallest absolute Gasteiger partial charge is 0.229 e. The zero-order valence-electron chi connectivity index (χ0n) is 13.1. The minimum Gasteiger partial charge on any atom is -0.302 e. The molecule has 2 unspecified atom stereocenters. The fourth-order valence-electron chi connectivity index (χ4n) is 3.72. The van der Waals surface area contributed by atoms with Crippen molar-refractivity contribution in [2.75, 3.05) is 5.32 Å². The van der Waals surface area contributed by atoms with Crippen molar-refractivity contribution in [3.05, 3.63) is 24.0 Å². The van der Waals surface area contributed by atoms with Crippen LogP contribution in [-0.2, 0) is 4.79 Å². The lowest BCUT2D eigenvalue weighted by molar-refractivity contribution is -0.122. The van der Waals surface area contributed by atoms with E-state index in [-0.39, 0.29) is 23.1 Å². The van der Waals surface area contributed by atoms with E-state index < -0.39 is 0 Å². The number of rotatable bonds is 2. The standard InChI is InChI=1S/C17H21FN2OS/c1-10-7-11(9-17(2,3)8-10)15(21)20-16-19-13-6-4-5-12(18)14(13)22-16/h4-6,10-11H,7-9H2,1-3H3,(H,19,20,21). The first-order valence-electron chi connectivity index (χ1n) is 7.70. The van der Waals surface area contributed by atoms with E-state index in [1.165, 1.54) is 17.4 Å². The second-order valence-electron chi connectivity index (χ2n) is 7.21. The van der Waals surface area contributed by atoms with Gasteiger partial charge in [0, 0.05) is 5.92 Å². The molecule has 1 saturated carbocycles. The molecule has 0 bridgehead atoms. The molecule has 3 rings (SSSR count). The summed E-state index contributed by atoms with van der Waals surface area (Å²) < 4.78 is 14.2. The number of thiazole rings is 1. The van der Waals surface area contributed by atoms with Crippen LogP contribution in [0, 0.1) is 23.1 Å². The first-order chi connectivity index (χ1) is 10.3. The number of aromatic nitrogens is 1. The maximum Gasteiger partial charge on any atom is 0.229 e. The molecule has 0 radical (unpaired) electrons. The van der Waals surface area contributed by atoms with Crippen LogP contribution in [0.5, 0.6) is 0 Å². The minimum atomic E-state index is -0.289. The summed E-state index contributed by atoms with van der Waals surface area (Å²) in [4.78, 5) is 16.8. The second-order valence-corrected chi connectivity index (χ2v) is 8.21. The number of anilines is 1. The molecular weight excluding hydrogens is 299 g/mol. The molecular formula is C17H21FN2OS. The van der Waals surface area contributed by atoms with Gasteiger partial charge in [0.25, 0.3) is 0 Å². The Kier molecular flexibility index (Phi) is 3.93. The van der Waals surface area contributed by atoms with Gasteiger partial charge >= 0.3 is 0 Å². The highest BCUT2D eigenvalue weighted by atomic mass is 32.1. The molecule has 1 N–H and O–H groups in total. The van der Waals surface area contributed by atoms with Gasteiger partial charge in [-0.3, -0.25) is 4.79 Å². The Morgan fingerprint density at radius 2 is 2.18 bits per heavy atom. The molecule has 118 valence electrons. The van der Waals surface area contributed by atoms with Gasteiger partial charge in [0.15, 0.2) is 5.13 Å². The van der Waals surface area contributed by atoms with Crippen molar-refractivity contribution in [1.82, 2.24) is 4.98 Å². The SMILES string of the molecule is CC1CC(C(=O)Nc2nc3cccc(F)c3s2)CC(C)(C)C1. The Morgan fingerprint density at radius 3 is 2.86 bits per heavy atom. The molecule has 0 spiro atoms. The van der Waals surface area contributed by atoms with Gasteiger partial charge in [-0.15, -0.1) is 0 Å². The third-order valence-corrected chi connectivity index (χ3v) is 5.35. The number of hydrogen-bond acceptors (Lipinski definition) is 3. The summed E-state index contributed by atoms with van der Waals surface area (Å²) in [5.41, 5.74) is 0.789. The van der Waals surface area contributed by atoms with Gasteiger partial charge in [-0.25, -0.2) is 9.37 Å². The van der Waals surface area contributed by atoms with Crippen LogP contribution in [0.1, 0.15) is 40.0 Å². The monoisotopic (exact) mass is 320 g/mol. The van der Waals surface area contributed by atoms with Crippen LogP contribution in [0.2, 0.25) is 0 Å². The molecule has 1 heterocycles. The van der Waals surface area contributed by atoms with E-state index in [1.807, 2.05) is 0 Å². The first-order valence-corrected chi connectivity index (χ1v) is 8.52. The molecule has 0 aliphatic heterocycles. The highest BCUT2D eigenvalue weighted by molar-refractivity contribution is 7.22. The van der Waals surface area contributed by atoms with Crippen LogP contribution < -0.4 is 5.32 Å². The normalized spacial score (nSPS) is 24.4. The van der Waals surface area contributed by atoms with E-state index in [4.69, 9.17) is 0 Å². The molecule has 1 aliphatic carbocycles. The van der Waals surface area contributed by atoms with Crippen molar-refractivity contribution in [1.29, 1.82) is 0 Å². The number of fused-ring (bicyclic) bond motifs is 1. The predicted octanol–water partition coefficient (Wildman–Crippen LogP) is 4.84. The summed E-state index contributed by atoms with van der Waals surface area (Å²) in [5, 5.41) is 3.38. The molecule has 1 fully saturated rings. The predicted molar refractivity (Wildman–Crippen MR) is 88.5 cm³/mol. The number of benzene rings is 1. The van der Waals surface area contributed by atoms with Crippen molar-refractivity contribution < 1.29 is 9.18 Å². The fourth-order valence-corrected chi connectivity index (χ4v) is 4.59. The average Bonchev–Trinajstić information content (AvgIpc) is 2.80. The molecule has 0 saturated heterocycles. The number of amides is 1. The lowest BCUT2D eigenvalue weighted by atomic mass is 9.68. The summed E-state index contributed by atoms with van der Waals surface area (Å²) in [6.07, 6.45) is 2.96. The molecule has 3 nitrogen and oxygen atoms in total. The highest BCUT2D eigenvalue weighted by Crippen LogP contribution is 2.42. The van der Waals surface area contributed by atoms with Crippen LogP contribution in [0.15, 0.2) is 18.2 Å². The third kappa shape index (κ3) is 3.14. The fraction of sp³-hybridized carbons (Fsp3) is 0.529. The van der Waals surface area contributed by atoms with Gasteiger partial charge in [0.05, 0.1) is 10.2 Å². The number of hydrogen-bond donors (Lipinski definition) is 1. The lowest BCUT2D eigenvalue weighted by Gasteiger charge is -2.38. The van der Waals surface area contributed by atoms with Gasteiger partial charge in [-0.05, 0) is 42.7 Å². The molecule has 1 aliphatic rings. The molecule has 5 heteroatoms. The lowest BCUT2D eigenvalue weighted by Crippen LogP contribution is -2.34. The van der Waals surface area contributed by atoms with Crippen LogP contribution in [-0.4, -0.2) is 10.9 Å². The van der Waals surface area contributed by atoms with Crippen LogP contribution in [0.4, 0.5) is 9.52 Å². The Hall–Kier alpha value is -1.49. The van der Waals surface area contributed by atoms with Crippen molar-refractivity contribution >= 4 is 32.6 Å². The van der Waals surface area contributed by atoms with Crippen molar-refractivity contribution in [3.63, 3.8) is 0 Å². The number of halogens is 1. The highest BCUT2D eigenvalue weighted by Gasteiger charge is 2.35. The van der Waals surface area contributed by atoms with Gasteiger partial charge in [-0.1, -0.05) is 38.2 Å². The maximum atomic E-state index is 13.7. The van der Waals surface area contributed by atoms with Crippen molar-refractivity contribution in [2.45, 2.75) is 40.0 Å². The quantitative estimate of drug-likeness (QED) is 0.860. The molecule has 2 atom stereocenters. The molecule has 22 heavy (non-hydrogen) atoms. The van der Waals surface area contributed by atoms with Gasteiger partial charge in [0.2, 0.25) is 5.91 Å². The molecule has 1 amide bonds. The Balaban J connectivity index is 1.76. The average molecular weight is 320 g/mol. The zero-order valence-corrected chi connectivity index (χ0v) is 14.0. The summed E-state index contributed by atoms with van der Waals surface area (Å²) in [7, 11) is 0. The Bertz CT molecular complexity index is 710. The summed E-state index contributed by atoms with van der Waals surface area (Å²) in [6, 6.07) is 4.81. The molecule has 1 aromatic carbocycles. The summed E-state index contributed by atoms with van der Waals surface area (Å²) in [6.45, 7) is 6.64. The topological polar surface area (TPSA) is 42.0 Å². The number of nitrogens with zero attached hydrogens (tertiary/aromatic N) is 1. The Labute approximate surface area is 133 Å². The van der Waals surface area contributed by atoms with E-state index in [0.717, 1.165) is 19.3 Å². The van der Waals surface area contributed by atoms with E-state index >= 15 is 0 Å². The van der Waals surface area contributed by atoms with Crippen LogP contribution >= 0.6 is 11.3 Å². The van der Waals surface area contributed by atoms with E-state index in [9.17, 15) is 9.18 Å². The van der Waals surface area contributed by atoms with Crippen molar-refractivity contribution in [3.8, 4) is 0 Å². The van der Waals surface area contributed by atoms with Gasteiger partial charge in [0.1, 0.15) is 5.82 Å². The van der Waals surface area contributed by atoms with E-state index in [1.54, 1.807) is 12.1 Å². The van der Waals surface area contributed by atoms with E-state index in [0.29, 0.717) is 21.3 Å². The molecule has 1 aromatic heterocycles. The summed E-state index contributed by atoms with van der Waals surface area (Å²) in [5.74, 6) is 0.282. The van der Waals surface area contributed by atoms with Gasteiger partial charge in [-0.2, -0.15) is 0 Å². The number of carbonyl (C=O) groups is 1. The molecule has 2 aromatic rings. The first kappa shape index (κ1) is 15.4. The van der Waals surface area contributed by atoms with Crippen LogP contribution in [0.25, 0.3) is 10.2 Å². The number of nitrogens with one attached hydrogen (secondary N) is 1. The van der Waals surface area contributed by atoms with Gasteiger partial charge < -0.3 is 5.32 Å². The van der Waals surface area contributed by atoms with Crippen molar-refractivity contribution in [2.24, 2.45) is 17.3 Å². The van der Waals surface area contributed by atoms with Crippen LogP contribution in [0.3, 0.4) is 0 Å². The second kappa shape index (κ2) is 5.61. The maximum absolute atomic E-state index is 13.7. The largest absolute Gasteiger partial charge is 0.302 e. The zero-order chi connectivity index (χ0) is 15.9. The number of carbonyl (C=O) groups excluding carboxylic acids is 1. The third-order valence-electron chi connectivity index (χ3n) is 4.35.